The van der Waals surface area contributed by atoms with Gasteiger partial charge >= 0.3 is 11.9 Å². The zero-order chi connectivity index (χ0) is 17.4. The lowest BCUT2D eigenvalue weighted by Crippen LogP contribution is -2.06. The summed E-state index contributed by atoms with van der Waals surface area (Å²) >= 11 is 11.3. The van der Waals surface area contributed by atoms with Crippen LogP contribution in [0.1, 0.15) is 34.8 Å². The van der Waals surface area contributed by atoms with Crippen LogP contribution < -0.4 is 0 Å². The SMILES string of the molecule is CCOC(=O)c1[nH]ncc1Cl.CCOC(=O)c1nn(C)cc1Cl. The Kier molecular flexibility index (Phi) is 7.56. The average molecular weight is 363 g/mol. The maximum Gasteiger partial charge on any atom is 0.360 e. The molecule has 0 aliphatic heterocycles. The molecule has 0 spiro atoms. The van der Waals surface area contributed by atoms with Crippen molar-refractivity contribution in [3.63, 3.8) is 0 Å². The molecule has 0 radical (unpaired) electrons. The monoisotopic (exact) mass is 362 g/mol. The van der Waals surface area contributed by atoms with Gasteiger partial charge in [0.2, 0.25) is 0 Å². The van der Waals surface area contributed by atoms with Gasteiger partial charge < -0.3 is 9.47 Å². The van der Waals surface area contributed by atoms with E-state index in [-0.39, 0.29) is 16.4 Å². The highest BCUT2D eigenvalue weighted by Gasteiger charge is 2.15. The predicted octanol–water partition coefficient (Wildman–Crippen LogP) is 2.49. The first kappa shape index (κ1) is 19.0. The number of aryl methyl sites for hydroxylation is 1. The third-order valence-electron chi connectivity index (χ3n) is 2.33. The Morgan fingerprint density at radius 1 is 1.17 bits per heavy atom. The number of hydrogen-bond donors (Lipinski definition) is 1. The number of aromatic amines is 1. The predicted molar refractivity (Wildman–Crippen MR) is 83.7 cm³/mol. The smallest absolute Gasteiger partial charge is 0.360 e. The minimum Gasteiger partial charge on any atom is -0.461 e. The molecule has 0 aromatic carbocycles. The van der Waals surface area contributed by atoms with E-state index in [1.54, 1.807) is 27.1 Å². The standard InChI is InChI=1S/C7H9ClN2O2.C6H7ClN2O2/c1-3-12-7(11)6-5(8)4-10(2)9-6;1-2-11-6(10)5-4(7)3-8-9-5/h4H,3H2,1-2H3;3H,2H2,1H3,(H,8,9). The minimum absolute atomic E-state index is 0.168. The topological polar surface area (TPSA) is 99.1 Å². The lowest BCUT2D eigenvalue weighted by atomic mass is 10.4. The van der Waals surface area contributed by atoms with Gasteiger partial charge in [-0.05, 0) is 13.8 Å². The van der Waals surface area contributed by atoms with Gasteiger partial charge in [0.05, 0.1) is 29.5 Å². The molecule has 10 heteroatoms. The van der Waals surface area contributed by atoms with E-state index in [9.17, 15) is 9.59 Å². The highest BCUT2D eigenvalue weighted by atomic mass is 35.5. The number of ether oxygens (including phenoxy) is 2. The molecule has 0 fully saturated rings. The fourth-order valence-electron chi connectivity index (χ4n) is 1.42. The van der Waals surface area contributed by atoms with E-state index in [1.165, 1.54) is 10.9 Å². The summed E-state index contributed by atoms with van der Waals surface area (Å²) in [5.41, 5.74) is 0.370. The van der Waals surface area contributed by atoms with Crippen molar-refractivity contribution in [3.05, 3.63) is 33.8 Å². The Balaban J connectivity index is 0.000000231. The van der Waals surface area contributed by atoms with Crippen molar-refractivity contribution in [1.82, 2.24) is 20.0 Å². The first-order chi connectivity index (χ1) is 10.9. The number of halogens is 2. The van der Waals surface area contributed by atoms with E-state index in [4.69, 9.17) is 27.9 Å². The van der Waals surface area contributed by atoms with Crippen LogP contribution in [0.4, 0.5) is 0 Å². The Morgan fingerprint density at radius 3 is 2.22 bits per heavy atom. The molecular weight excluding hydrogens is 347 g/mol. The lowest BCUT2D eigenvalue weighted by molar-refractivity contribution is 0.0509. The highest BCUT2D eigenvalue weighted by Crippen LogP contribution is 2.14. The first-order valence-electron chi connectivity index (χ1n) is 6.62. The van der Waals surface area contributed by atoms with Crippen molar-refractivity contribution in [2.75, 3.05) is 13.2 Å². The molecule has 0 unspecified atom stereocenters. The number of esters is 2. The number of nitrogens with zero attached hydrogens (tertiary/aromatic N) is 3. The van der Waals surface area contributed by atoms with Crippen molar-refractivity contribution in [3.8, 4) is 0 Å². The molecule has 0 saturated heterocycles. The maximum atomic E-state index is 11.1. The Bertz CT molecular complexity index is 669. The fraction of sp³-hybridized carbons (Fsp3) is 0.385. The summed E-state index contributed by atoms with van der Waals surface area (Å²) in [5.74, 6) is -0.960. The van der Waals surface area contributed by atoms with E-state index >= 15 is 0 Å². The lowest BCUT2D eigenvalue weighted by Gasteiger charge is -1.97. The number of aromatic nitrogens is 4. The van der Waals surface area contributed by atoms with E-state index < -0.39 is 11.9 Å². The van der Waals surface area contributed by atoms with Crippen LogP contribution in [0.3, 0.4) is 0 Å². The van der Waals surface area contributed by atoms with Crippen molar-refractivity contribution >= 4 is 35.1 Å². The molecule has 2 aromatic rings. The molecule has 126 valence electrons. The molecule has 0 bridgehead atoms. The van der Waals surface area contributed by atoms with Crippen LogP contribution in [0.25, 0.3) is 0 Å². The van der Waals surface area contributed by atoms with Gasteiger partial charge in [-0.25, -0.2) is 9.59 Å². The number of carbonyl (C=O) groups is 2. The van der Waals surface area contributed by atoms with E-state index in [2.05, 4.69) is 20.0 Å². The van der Waals surface area contributed by atoms with Crippen molar-refractivity contribution < 1.29 is 19.1 Å². The molecule has 23 heavy (non-hydrogen) atoms. The molecule has 0 amide bonds. The second-order valence-corrected chi connectivity index (χ2v) is 4.85. The fourth-order valence-corrected chi connectivity index (χ4v) is 1.84. The van der Waals surface area contributed by atoms with Crippen LogP contribution in [0.5, 0.6) is 0 Å². The normalized spacial score (nSPS) is 9.78. The molecule has 0 atom stereocenters. The van der Waals surface area contributed by atoms with Crippen LogP contribution in [0, 0.1) is 0 Å². The molecule has 2 heterocycles. The molecular formula is C13H16Cl2N4O4. The minimum atomic E-state index is -0.483. The van der Waals surface area contributed by atoms with Crippen molar-refractivity contribution in [2.24, 2.45) is 7.05 Å². The van der Waals surface area contributed by atoms with Gasteiger partial charge in [0, 0.05) is 13.2 Å². The number of hydrogen-bond acceptors (Lipinski definition) is 6. The van der Waals surface area contributed by atoms with Gasteiger partial charge in [0.1, 0.15) is 0 Å². The van der Waals surface area contributed by atoms with E-state index in [1.807, 2.05) is 0 Å². The van der Waals surface area contributed by atoms with Crippen LogP contribution in [-0.2, 0) is 16.5 Å². The number of H-pyrrole nitrogens is 1. The molecule has 2 rings (SSSR count). The summed E-state index contributed by atoms with van der Waals surface area (Å²) < 4.78 is 10.9. The third kappa shape index (κ3) is 5.57. The Hall–Kier alpha value is -2.06. The quantitative estimate of drug-likeness (QED) is 0.838. The summed E-state index contributed by atoms with van der Waals surface area (Å²) in [6.07, 6.45) is 2.90. The zero-order valence-electron chi connectivity index (χ0n) is 12.8. The molecule has 2 aromatic heterocycles. The van der Waals surface area contributed by atoms with E-state index in [0.717, 1.165) is 0 Å². The summed E-state index contributed by atoms with van der Waals surface area (Å²) in [7, 11) is 1.69. The Labute approximate surface area is 142 Å². The van der Waals surface area contributed by atoms with Crippen LogP contribution >= 0.6 is 23.2 Å². The molecule has 0 aliphatic carbocycles. The van der Waals surface area contributed by atoms with E-state index in [0.29, 0.717) is 18.2 Å². The molecule has 0 saturated carbocycles. The summed E-state index contributed by atoms with van der Waals surface area (Å²) in [4.78, 5) is 22.0. The summed E-state index contributed by atoms with van der Waals surface area (Å²) in [6.45, 7) is 4.11. The second kappa shape index (κ2) is 9.16. The molecule has 1 N–H and O–H groups in total. The molecule has 8 nitrogen and oxygen atoms in total. The summed E-state index contributed by atoms with van der Waals surface area (Å²) in [6, 6.07) is 0. The van der Waals surface area contributed by atoms with Crippen LogP contribution in [0.2, 0.25) is 10.0 Å². The number of nitrogens with one attached hydrogen (secondary N) is 1. The zero-order valence-corrected chi connectivity index (χ0v) is 14.3. The van der Waals surface area contributed by atoms with Crippen LogP contribution in [0.15, 0.2) is 12.4 Å². The van der Waals surface area contributed by atoms with Crippen molar-refractivity contribution in [2.45, 2.75) is 13.8 Å². The average Bonchev–Trinajstić information content (AvgIpc) is 3.05. The van der Waals surface area contributed by atoms with Gasteiger partial charge in [0.15, 0.2) is 11.4 Å². The third-order valence-corrected chi connectivity index (χ3v) is 2.89. The Morgan fingerprint density at radius 2 is 1.78 bits per heavy atom. The van der Waals surface area contributed by atoms with Gasteiger partial charge in [-0.15, -0.1) is 0 Å². The van der Waals surface area contributed by atoms with Gasteiger partial charge in [-0.1, -0.05) is 23.2 Å². The number of rotatable bonds is 4. The largest absolute Gasteiger partial charge is 0.461 e. The number of carbonyl (C=O) groups excluding carboxylic acids is 2. The van der Waals surface area contributed by atoms with Gasteiger partial charge in [-0.3, -0.25) is 9.78 Å². The first-order valence-corrected chi connectivity index (χ1v) is 7.38. The van der Waals surface area contributed by atoms with Crippen molar-refractivity contribution in [1.29, 1.82) is 0 Å². The van der Waals surface area contributed by atoms with Gasteiger partial charge in [-0.2, -0.15) is 10.2 Å². The highest BCUT2D eigenvalue weighted by molar-refractivity contribution is 6.33. The molecule has 0 aliphatic rings. The summed E-state index contributed by atoms with van der Waals surface area (Å²) in [5, 5.41) is 10.4. The maximum absolute atomic E-state index is 11.1. The second-order valence-electron chi connectivity index (χ2n) is 4.03. The van der Waals surface area contributed by atoms with Crippen LogP contribution in [-0.4, -0.2) is 45.1 Å². The van der Waals surface area contributed by atoms with Gasteiger partial charge in [0.25, 0.3) is 0 Å².